The second-order valence-corrected chi connectivity index (χ2v) is 5.44. The van der Waals surface area contributed by atoms with Crippen LogP contribution in [0.15, 0.2) is 5.38 Å². The topological polar surface area (TPSA) is 19.4 Å². The van der Waals surface area contributed by atoms with Crippen molar-refractivity contribution in [3.63, 3.8) is 0 Å². The van der Waals surface area contributed by atoms with Crippen molar-refractivity contribution in [2.45, 2.75) is 12.8 Å². The molecular formula is C11H21N3S. The van der Waals surface area contributed by atoms with E-state index in [1.165, 1.54) is 5.01 Å². The van der Waals surface area contributed by atoms with Gasteiger partial charge in [-0.25, -0.2) is 4.98 Å². The van der Waals surface area contributed by atoms with Crippen LogP contribution in [0.2, 0.25) is 0 Å². The number of nitrogens with zero attached hydrogens (tertiary/aromatic N) is 3. The van der Waals surface area contributed by atoms with Gasteiger partial charge in [0.15, 0.2) is 0 Å². The molecule has 0 aliphatic rings. The lowest BCUT2D eigenvalue weighted by molar-refractivity contribution is 0.307. The first-order valence-corrected chi connectivity index (χ1v) is 6.08. The van der Waals surface area contributed by atoms with E-state index in [2.05, 4.69) is 55.3 Å². The third-order valence-corrected chi connectivity index (χ3v) is 3.28. The third-order valence-electron chi connectivity index (χ3n) is 2.16. The summed E-state index contributed by atoms with van der Waals surface area (Å²) in [6, 6.07) is 0. The zero-order chi connectivity index (χ0) is 11.4. The fourth-order valence-electron chi connectivity index (χ4n) is 1.66. The van der Waals surface area contributed by atoms with Gasteiger partial charge >= 0.3 is 0 Å². The van der Waals surface area contributed by atoms with Gasteiger partial charge in [-0.1, -0.05) is 0 Å². The molecule has 0 saturated carbocycles. The van der Waals surface area contributed by atoms with Crippen LogP contribution < -0.4 is 0 Å². The van der Waals surface area contributed by atoms with E-state index in [0.717, 1.165) is 18.8 Å². The van der Waals surface area contributed by atoms with Gasteiger partial charge in [0.1, 0.15) is 0 Å². The second kappa shape index (κ2) is 5.58. The van der Waals surface area contributed by atoms with Crippen LogP contribution in [-0.4, -0.2) is 56.1 Å². The molecule has 0 N–H and O–H groups in total. The Hall–Kier alpha value is -0.450. The molecule has 0 unspecified atom stereocenters. The fourth-order valence-corrected chi connectivity index (χ4v) is 2.54. The molecule has 0 saturated heterocycles. The number of hydrogen-bond donors (Lipinski definition) is 0. The van der Waals surface area contributed by atoms with Gasteiger partial charge in [0.2, 0.25) is 0 Å². The second-order valence-electron chi connectivity index (χ2n) is 4.55. The van der Waals surface area contributed by atoms with Crippen LogP contribution in [0.3, 0.4) is 0 Å². The zero-order valence-corrected chi connectivity index (χ0v) is 11.1. The highest BCUT2D eigenvalue weighted by Crippen LogP contribution is 2.21. The Labute approximate surface area is 96.7 Å². The lowest BCUT2D eigenvalue weighted by Gasteiger charge is -2.22. The molecule has 4 heteroatoms. The standard InChI is InChI=1S/C11H21N3S/c1-9-8-15-11(12-9)10(6-13(2)3)7-14(4)5/h8,10H,6-7H2,1-5H3. The number of aromatic nitrogens is 1. The smallest absolute Gasteiger partial charge is 0.0984 e. The maximum Gasteiger partial charge on any atom is 0.0984 e. The summed E-state index contributed by atoms with van der Waals surface area (Å²) in [5.41, 5.74) is 1.14. The highest BCUT2D eigenvalue weighted by molar-refractivity contribution is 7.09. The Morgan fingerprint density at radius 2 is 1.73 bits per heavy atom. The highest BCUT2D eigenvalue weighted by atomic mass is 32.1. The largest absolute Gasteiger partial charge is 0.309 e. The van der Waals surface area contributed by atoms with Crippen LogP contribution in [0.5, 0.6) is 0 Å². The number of aryl methyl sites for hydroxylation is 1. The Bertz CT molecular complexity index is 284. The quantitative estimate of drug-likeness (QED) is 0.762. The predicted octanol–water partition coefficient (Wildman–Crippen LogP) is 1.66. The first-order valence-electron chi connectivity index (χ1n) is 5.20. The Kier molecular flexibility index (Phi) is 4.70. The molecule has 1 aromatic rings. The first kappa shape index (κ1) is 12.6. The monoisotopic (exact) mass is 227 g/mol. The minimum absolute atomic E-state index is 0.522. The maximum absolute atomic E-state index is 4.58. The van der Waals surface area contributed by atoms with Crippen molar-refractivity contribution < 1.29 is 0 Å². The Morgan fingerprint density at radius 3 is 2.07 bits per heavy atom. The molecule has 0 aliphatic heterocycles. The van der Waals surface area contributed by atoms with E-state index in [1.807, 2.05) is 0 Å². The molecule has 0 fully saturated rings. The van der Waals surface area contributed by atoms with Gasteiger partial charge in [-0.15, -0.1) is 11.3 Å². The molecule has 1 aromatic heterocycles. The van der Waals surface area contributed by atoms with E-state index < -0.39 is 0 Å². The van der Waals surface area contributed by atoms with Gasteiger partial charge < -0.3 is 9.80 Å². The lowest BCUT2D eigenvalue weighted by Crippen LogP contribution is -2.28. The summed E-state index contributed by atoms with van der Waals surface area (Å²) in [7, 11) is 8.46. The number of hydrogen-bond acceptors (Lipinski definition) is 4. The maximum atomic E-state index is 4.58. The zero-order valence-electron chi connectivity index (χ0n) is 10.3. The molecular weight excluding hydrogens is 206 g/mol. The van der Waals surface area contributed by atoms with Crippen molar-refractivity contribution in [3.05, 3.63) is 16.1 Å². The summed E-state index contributed by atoms with van der Waals surface area (Å²) in [6.45, 7) is 4.18. The first-order chi connectivity index (χ1) is 6.99. The Morgan fingerprint density at radius 1 is 1.20 bits per heavy atom. The molecule has 0 bridgehead atoms. The van der Waals surface area contributed by atoms with Crippen LogP contribution in [0.1, 0.15) is 16.6 Å². The number of rotatable bonds is 5. The van der Waals surface area contributed by atoms with Crippen LogP contribution in [0.25, 0.3) is 0 Å². The molecule has 1 rings (SSSR count). The fraction of sp³-hybridized carbons (Fsp3) is 0.727. The summed E-state index contributed by atoms with van der Waals surface area (Å²) in [5, 5.41) is 3.39. The van der Waals surface area contributed by atoms with Gasteiger partial charge in [0.25, 0.3) is 0 Å². The third kappa shape index (κ3) is 4.28. The number of thiazole rings is 1. The van der Waals surface area contributed by atoms with Crippen LogP contribution in [0, 0.1) is 6.92 Å². The summed E-state index contributed by atoms with van der Waals surface area (Å²) < 4.78 is 0. The van der Waals surface area contributed by atoms with E-state index >= 15 is 0 Å². The average molecular weight is 227 g/mol. The van der Waals surface area contributed by atoms with E-state index in [9.17, 15) is 0 Å². The van der Waals surface area contributed by atoms with Gasteiger partial charge in [-0.3, -0.25) is 0 Å². The molecule has 3 nitrogen and oxygen atoms in total. The average Bonchev–Trinajstić information content (AvgIpc) is 2.48. The molecule has 0 atom stereocenters. The molecule has 0 aliphatic carbocycles. The predicted molar refractivity (Wildman–Crippen MR) is 66.7 cm³/mol. The molecule has 0 radical (unpaired) electrons. The van der Waals surface area contributed by atoms with Crippen molar-refractivity contribution in [2.75, 3.05) is 41.3 Å². The summed E-state index contributed by atoms with van der Waals surface area (Å²) in [4.78, 5) is 9.04. The molecule has 0 amide bonds. The van der Waals surface area contributed by atoms with Gasteiger partial charge in [0, 0.05) is 30.1 Å². The van der Waals surface area contributed by atoms with E-state index in [4.69, 9.17) is 0 Å². The van der Waals surface area contributed by atoms with Crippen molar-refractivity contribution >= 4 is 11.3 Å². The summed E-state index contributed by atoms with van der Waals surface area (Å²) in [6.07, 6.45) is 0. The molecule has 0 spiro atoms. The van der Waals surface area contributed by atoms with Crippen LogP contribution >= 0.6 is 11.3 Å². The summed E-state index contributed by atoms with van der Waals surface area (Å²) >= 11 is 1.78. The normalized spacial score (nSPS) is 12.0. The lowest BCUT2D eigenvalue weighted by atomic mass is 10.1. The van der Waals surface area contributed by atoms with E-state index in [1.54, 1.807) is 11.3 Å². The minimum atomic E-state index is 0.522. The molecule has 15 heavy (non-hydrogen) atoms. The highest BCUT2D eigenvalue weighted by Gasteiger charge is 2.16. The van der Waals surface area contributed by atoms with Crippen molar-refractivity contribution in [3.8, 4) is 0 Å². The van der Waals surface area contributed by atoms with Crippen LogP contribution in [-0.2, 0) is 0 Å². The van der Waals surface area contributed by atoms with Gasteiger partial charge in [0.05, 0.1) is 5.01 Å². The molecule has 1 heterocycles. The minimum Gasteiger partial charge on any atom is -0.309 e. The van der Waals surface area contributed by atoms with Crippen molar-refractivity contribution in [1.29, 1.82) is 0 Å². The van der Waals surface area contributed by atoms with Crippen LogP contribution in [0.4, 0.5) is 0 Å². The summed E-state index contributed by atoms with van der Waals surface area (Å²) in [5.74, 6) is 0.522. The Balaban J connectivity index is 2.71. The van der Waals surface area contributed by atoms with Crippen molar-refractivity contribution in [1.82, 2.24) is 14.8 Å². The SMILES string of the molecule is Cc1csc(C(CN(C)C)CN(C)C)n1. The van der Waals surface area contributed by atoms with E-state index in [0.29, 0.717) is 5.92 Å². The van der Waals surface area contributed by atoms with E-state index in [-0.39, 0.29) is 0 Å². The van der Waals surface area contributed by atoms with Gasteiger partial charge in [-0.2, -0.15) is 0 Å². The van der Waals surface area contributed by atoms with Gasteiger partial charge in [-0.05, 0) is 35.1 Å². The molecule has 0 aromatic carbocycles. The molecule has 86 valence electrons. The van der Waals surface area contributed by atoms with Crippen molar-refractivity contribution in [2.24, 2.45) is 0 Å². The number of likely N-dealkylation sites (N-methyl/N-ethyl adjacent to an activating group) is 2.